The number of hydrogen-bond acceptors (Lipinski definition) is 2. The Bertz CT molecular complexity index is 562. The Morgan fingerprint density at radius 2 is 1.58 bits per heavy atom. The molecule has 0 bridgehead atoms. The summed E-state index contributed by atoms with van der Waals surface area (Å²) in [6.07, 6.45) is 2.04. The molecule has 0 spiro atoms. The second-order valence-corrected chi connectivity index (χ2v) is 5.41. The molecule has 0 saturated heterocycles. The van der Waals surface area contributed by atoms with E-state index >= 15 is 0 Å². The van der Waals surface area contributed by atoms with E-state index in [1.807, 2.05) is 61.5 Å². The van der Waals surface area contributed by atoms with Gasteiger partial charge in [0.1, 0.15) is 4.99 Å². The van der Waals surface area contributed by atoms with Crippen LogP contribution < -0.4 is 5.32 Å². The van der Waals surface area contributed by atoms with Gasteiger partial charge in [-0.15, -0.1) is 0 Å². The Morgan fingerprint density at radius 3 is 2.16 bits per heavy atom. The molecule has 3 heteroatoms. The molecule has 0 heterocycles. The van der Waals surface area contributed by atoms with Crippen LogP contribution in [-0.2, 0) is 0 Å². The summed E-state index contributed by atoms with van der Waals surface area (Å²) in [7, 11) is 0. The van der Waals surface area contributed by atoms with Crippen LogP contribution in [0.3, 0.4) is 0 Å². The van der Waals surface area contributed by atoms with Gasteiger partial charge in [-0.3, -0.25) is 0 Å². The van der Waals surface area contributed by atoms with Crippen LogP contribution in [-0.4, -0.2) is 4.99 Å². The van der Waals surface area contributed by atoms with Crippen molar-refractivity contribution in [2.45, 2.75) is 11.8 Å². The van der Waals surface area contributed by atoms with Gasteiger partial charge in [0.15, 0.2) is 0 Å². The van der Waals surface area contributed by atoms with Crippen LogP contribution in [0.5, 0.6) is 0 Å². The summed E-state index contributed by atoms with van der Waals surface area (Å²) in [5, 5.41) is 3.26. The van der Waals surface area contributed by atoms with Gasteiger partial charge in [-0.1, -0.05) is 66.5 Å². The van der Waals surface area contributed by atoms with E-state index in [1.165, 1.54) is 4.90 Å². The van der Waals surface area contributed by atoms with Gasteiger partial charge in [0.25, 0.3) is 0 Å². The standard InChI is InChI=1S/C16H15NS2/c1-2-15(19-14-11-7-4-8-12-14)16(18)17-13-9-5-3-6-10-13/h2-12H,1H3,(H,17,18)/b15-2+. The summed E-state index contributed by atoms with van der Waals surface area (Å²) < 4.78 is 0. The number of para-hydroxylation sites is 1. The number of allylic oxidation sites excluding steroid dienone is 1. The molecule has 1 N–H and O–H groups in total. The summed E-state index contributed by atoms with van der Waals surface area (Å²) in [4.78, 5) is 3.00. The lowest BCUT2D eigenvalue weighted by molar-refractivity contribution is 1.47. The molecule has 96 valence electrons. The zero-order valence-electron chi connectivity index (χ0n) is 10.7. The lowest BCUT2D eigenvalue weighted by Gasteiger charge is -2.11. The molecule has 0 unspecified atom stereocenters. The SMILES string of the molecule is C/C=C(/Sc1ccccc1)C(=S)Nc1ccccc1. The average molecular weight is 285 g/mol. The normalized spacial score (nSPS) is 11.1. The van der Waals surface area contributed by atoms with Gasteiger partial charge in [-0.2, -0.15) is 0 Å². The van der Waals surface area contributed by atoms with Crippen molar-refractivity contribution in [2.24, 2.45) is 0 Å². The molecule has 0 radical (unpaired) electrons. The van der Waals surface area contributed by atoms with Gasteiger partial charge in [0.2, 0.25) is 0 Å². The van der Waals surface area contributed by atoms with E-state index in [9.17, 15) is 0 Å². The third kappa shape index (κ3) is 4.23. The number of hydrogen-bond donors (Lipinski definition) is 1. The Kier molecular flexibility index (Phi) is 5.19. The molecule has 1 nitrogen and oxygen atoms in total. The first-order valence-corrected chi connectivity index (χ1v) is 7.27. The quantitative estimate of drug-likeness (QED) is 0.475. The maximum absolute atomic E-state index is 5.46. The highest BCUT2D eigenvalue weighted by molar-refractivity contribution is 8.05. The van der Waals surface area contributed by atoms with E-state index in [4.69, 9.17) is 12.2 Å². The van der Waals surface area contributed by atoms with Gasteiger partial charge in [0, 0.05) is 15.5 Å². The Hall–Kier alpha value is -1.58. The third-order valence-electron chi connectivity index (χ3n) is 2.49. The van der Waals surface area contributed by atoms with Crippen LogP contribution in [0.25, 0.3) is 0 Å². The van der Waals surface area contributed by atoms with Crippen molar-refractivity contribution in [3.05, 3.63) is 71.6 Å². The Morgan fingerprint density at radius 1 is 1.00 bits per heavy atom. The lowest BCUT2D eigenvalue weighted by atomic mass is 10.3. The Balaban J connectivity index is 2.04. The molecule has 0 saturated carbocycles. The molecule has 2 aromatic carbocycles. The zero-order valence-corrected chi connectivity index (χ0v) is 12.3. The molecule has 0 aliphatic heterocycles. The third-order valence-corrected chi connectivity index (χ3v) is 4.11. The summed E-state index contributed by atoms with van der Waals surface area (Å²) in [5.41, 5.74) is 1.01. The first-order chi connectivity index (χ1) is 9.29. The number of benzene rings is 2. The molecule has 0 amide bonds. The van der Waals surface area contributed by atoms with Gasteiger partial charge in [-0.25, -0.2) is 0 Å². The van der Waals surface area contributed by atoms with Gasteiger partial charge in [-0.05, 0) is 31.2 Å². The molecule has 0 aliphatic carbocycles. The monoisotopic (exact) mass is 285 g/mol. The zero-order chi connectivity index (χ0) is 13.5. The molecular formula is C16H15NS2. The summed E-state index contributed by atoms with van der Waals surface area (Å²) in [6.45, 7) is 2.00. The van der Waals surface area contributed by atoms with E-state index in [1.54, 1.807) is 11.8 Å². The van der Waals surface area contributed by atoms with Gasteiger partial charge < -0.3 is 5.32 Å². The highest BCUT2D eigenvalue weighted by Crippen LogP contribution is 2.27. The van der Waals surface area contributed by atoms with Crippen LogP contribution >= 0.6 is 24.0 Å². The molecule has 19 heavy (non-hydrogen) atoms. The Labute approximate surface area is 123 Å². The van der Waals surface area contributed by atoms with E-state index in [-0.39, 0.29) is 0 Å². The molecule has 0 aliphatic rings. The van der Waals surface area contributed by atoms with E-state index < -0.39 is 0 Å². The van der Waals surface area contributed by atoms with Crippen LogP contribution in [0, 0.1) is 0 Å². The van der Waals surface area contributed by atoms with Crippen molar-refractivity contribution in [1.29, 1.82) is 0 Å². The fourth-order valence-electron chi connectivity index (χ4n) is 1.57. The second kappa shape index (κ2) is 7.12. The number of thioether (sulfide) groups is 1. The molecule has 2 rings (SSSR count). The van der Waals surface area contributed by atoms with Crippen molar-refractivity contribution < 1.29 is 0 Å². The number of nitrogens with one attached hydrogen (secondary N) is 1. The topological polar surface area (TPSA) is 12.0 Å². The average Bonchev–Trinajstić information content (AvgIpc) is 2.47. The minimum absolute atomic E-state index is 0.752. The minimum Gasteiger partial charge on any atom is -0.346 e. The molecule has 0 aromatic heterocycles. The maximum Gasteiger partial charge on any atom is 0.117 e. The molecule has 2 aromatic rings. The number of anilines is 1. The van der Waals surface area contributed by atoms with E-state index in [2.05, 4.69) is 17.4 Å². The van der Waals surface area contributed by atoms with Crippen molar-refractivity contribution >= 4 is 34.7 Å². The molecule has 0 fully saturated rings. The molecule has 0 atom stereocenters. The predicted octanol–water partition coefficient (Wildman–Crippen LogP) is 5.12. The second-order valence-electron chi connectivity index (χ2n) is 3.89. The van der Waals surface area contributed by atoms with Crippen LogP contribution in [0.4, 0.5) is 5.69 Å². The first-order valence-electron chi connectivity index (χ1n) is 6.05. The van der Waals surface area contributed by atoms with Crippen molar-refractivity contribution in [3.63, 3.8) is 0 Å². The fourth-order valence-corrected chi connectivity index (χ4v) is 2.74. The number of thiocarbonyl (C=S) groups is 1. The van der Waals surface area contributed by atoms with Crippen LogP contribution in [0.2, 0.25) is 0 Å². The van der Waals surface area contributed by atoms with Crippen LogP contribution in [0.1, 0.15) is 6.92 Å². The highest BCUT2D eigenvalue weighted by atomic mass is 32.2. The first kappa shape index (κ1) is 13.8. The summed E-state index contributed by atoms with van der Waals surface area (Å²) >= 11 is 7.13. The van der Waals surface area contributed by atoms with E-state index in [0.29, 0.717) is 0 Å². The lowest BCUT2D eigenvalue weighted by Crippen LogP contribution is -2.09. The number of rotatable bonds is 4. The van der Waals surface area contributed by atoms with Crippen molar-refractivity contribution in [2.75, 3.05) is 5.32 Å². The molecular weight excluding hydrogens is 270 g/mol. The van der Waals surface area contributed by atoms with Gasteiger partial charge >= 0.3 is 0 Å². The van der Waals surface area contributed by atoms with Crippen molar-refractivity contribution in [3.8, 4) is 0 Å². The fraction of sp³-hybridized carbons (Fsp3) is 0.0625. The highest BCUT2D eigenvalue weighted by Gasteiger charge is 2.06. The summed E-state index contributed by atoms with van der Waals surface area (Å²) in [6, 6.07) is 20.2. The summed E-state index contributed by atoms with van der Waals surface area (Å²) in [5.74, 6) is 0. The minimum atomic E-state index is 0.752. The van der Waals surface area contributed by atoms with Crippen LogP contribution in [0.15, 0.2) is 76.5 Å². The smallest absolute Gasteiger partial charge is 0.117 e. The van der Waals surface area contributed by atoms with Crippen molar-refractivity contribution in [1.82, 2.24) is 0 Å². The van der Waals surface area contributed by atoms with E-state index in [0.717, 1.165) is 15.6 Å². The maximum atomic E-state index is 5.46. The largest absolute Gasteiger partial charge is 0.346 e. The van der Waals surface area contributed by atoms with Gasteiger partial charge in [0.05, 0.1) is 0 Å². The predicted molar refractivity (Wildman–Crippen MR) is 88.7 cm³/mol.